The second-order valence-electron chi connectivity index (χ2n) is 4.23. The zero-order chi connectivity index (χ0) is 13.8. The van der Waals surface area contributed by atoms with Crippen LogP contribution in [0.3, 0.4) is 0 Å². The lowest BCUT2D eigenvalue weighted by atomic mass is 10.3. The number of ether oxygens (including phenoxy) is 2. The highest BCUT2D eigenvalue weighted by molar-refractivity contribution is 5.38. The van der Waals surface area contributed by atoms with Crippen molar-refractivity contribution in [3.63, 3.8) is 0 Å². The number of nitrogens with zero attached hydrogens (tertiary/aromatic N) is 2. The summed E-state index contributed by atoms with van der Waals surface area (Å²) in [5, 5.41) is 4.29. The molecule has 0 aliphatic heterocycles. The van der Waals surface area contributed by atoms with Crippen molar-refractivity contribution >= 4 is 0 Å². The van der Waals surface area contributed by atoms with Crippen LogP contribution in [0.4, 0.5) is 0 Å². The largest absolute Gasteiger partial charge is 0.497 e. The molecule has 1 aromatic heterocycles. The Morgan fingerprint density at radius 3 is 2.30 bits per heavy atom. The summed E-state index contributed by atoms with van der Waals surface area (Å²) in [6.07, 6.45) is 3.53. The number of rotatable bonds is 4. The molecule has 2 aromatic carbocycles. The van der Waals surface area contributed by atoms with E-state index in [2.05, 4.69) is 5.10 Å². The average Bonchev–Trinajstić information content (AvgIpc) is 2.97. The minimum Gasteiger partial charge on any atom is -0.497 e. The molecule has 0 spiro atoms. The van der Waals surface area contributed by atoms with Gasteiger partial charge in [-0.3, -0.25) is 0 Å². The van der Waals surface area contributed by atoms with Gasteiger partial charge in [-0.25, -0.2) is 4.68 Å². The first-order chi connectivity index (χ1) is 9.85. The summed E-state index contributed by atoms with van der Waals surface area (Å²) in [6.45, 7) is 0. The minimum atomic E-state index is 0.701. The quantitative estimate of drug-likeness (QED) is 0.722. The van der Waals surface area contributed by atoms with Crippen LogP contribution in [0.1, 0.15) is 0 Å². The number of para-hydroxylation sites is 1. The fraction of sp³-hybridized carbons (Fsp3) is 0.0625. The lowest BCUT2D eigenvalue weighted by Gasteiger charge is -2.03. The molecule has 0 N–H and O–H groups in total. The monoisotopic (exact) mass is 266 g/mol. The smallest absolute Gasteiger partial charge is 0.165 e. The summed E-state index contributed by atoms with van der Waals surface area (Å²) in [6, 6.07) is 17.3. The Hall–Kier alpha value is -2.75. The van der Waals surface area contributed by atoms with Gasteiger partial charge >= 0.3 is 0 Å². The van der Waals surface area contributed by atoms with Crippen molar-refractivity contribution in [3.8, 4) is 22.9 Å². The molecular formula is C16H14N2O2. The van der Waals surface area contributed by atoms with Gasteiger partial charge in [-0.2, -0.15) is 5.10 Å². The molecule has 0 fully saturated rings. The Bertz CT molecular complexity index is 675. The van der Waals surface area contributed by atoms with Gasteiger partial charge in [-0.05, 0) is 36.4 Å². The van der Waals surface area contributed by atoms with E-state index in [1.807, 2.05) is 60.8 Å². The van der Waals surface area contributed by atoms with E-state index in [1.165, 1.54) is 0 Å². The normalized spacial score (nSPS) is 10.2. The van der Waals surface area contributed by atoms with E-state index in [9.17, 15) is 0 Å². The van der Waals surface area contributed by atoms with Gasteiger partial charge in [0.1, 0.15) is 11.5 Å². The van der Waals surface area contributed by atoms with Crippen molar-refractivity contribution in [2.75, 3.05) is 7.11 Å². The van der Waals surface area contributed by atoms with Gasteiger partial charge in [0.15, 0.2) is 5.75 Å². The maximum Gasteiger partial charge on any atom is 0.165 e. The predicted molar refractivity (Wildman–Crippen MR) is 76.6 cm³/mol. The van der Waals surface area contributed by atoms with Gasteiger partial charge < -0.3 is 9.47 Å². The zero-order valence-electron chi connectivity index (χ0n) is 11.1. The molecule has 0 aliphatic rings. The second kappa shape index (κ2) is 5.48. The van der Waals surface area contributed by atoms with Gasteiger partial charge in [0, 0.05) is 0 Å². The van der Waals surface area contributed by atoms with Crippen LogP contribution >= 0.6 is 0 Å². The summed E-state index contributed by atoms with van der Waals surface area (Å²) in [5.74, 6) is 2.32. The molecule has 0 unspecified atom stereocenters. The summed E-state index contributed by atoms with van der Waals surface area (Å²) in [4.78, 5) is 0. The number of hydrogen-bond acceptors (Lipinski definition) is 3. The molecular weight excluding hydrogens is 252 g/mol. The second-order valence-corrected chi connectivity index (χ2v) is 4.23. The summed E-state index contributed by atoms with van der Waals surface area (Å²) in [7, 11) is 1.65. The average molecular weight is 266 g/mol. The standard InChI is InChI=1S/C16H14N2O2/c1-19-14-9-7-13(8-10-14)18-12-16(11-17-18)20-15-5-3-2-4-6-15/h2-12H,1H3. The van der Waals surface area contributed by atoms with E-state index in [0.717, 1.165) is 17.2 Å². The van der Waals surface area contributed by atoms with Crippen molar-refractivity contribution < 1.29 is 9.47 Å². The Morgan fingerprint density at radius 2 is 1.60 bits per heavy atom. The molecule has 0 saturated carbocycles. The molecule has 0 aliphatic carbocycles. The third-order valence-corrected chi connectivity index (χ3v) is 2.87. The van der Waals surface area contributed by atoms with Crippen molar-refractivity contribution in [3.05, 3.63) is 67.0 Å². The first kappa shape index (κ1) is 12.3. The topological polar surface area (TPSA) is 36.3 Å². The van der Waals surface area contributed by atoms with Crippen molar-refractivity contribution in [1.29, 1.82) is 0 Å². The van der Waals surface area contributed by atoms with E-state index in [0.29, 0.717) is 5.75 Å². The molecule has 0 bridgehead atoms. The molecule has 0 radical (unpaired) electrons. The third kappa shape index (κ3) is 2.64. The maximum atomic E-state index is 5.72. The van der Waals surface area contributed by atoms with Crippen LogP contribution in [0.15, 0.2) is 67.0 Å². The molecule has 1 heterocycles. The van der Waals surface area contributed by atoms with Crippen LogP contribution in [-0.2, 0) is 0 Å². The highest BCUT2D eigenvalue weighted by Crippen LogP contribution is 2.22. The minimum absolute atomic E-state index is 0.701. The maximum absolute atomic E-state index is 5.72. The van der Waals surface area contributed by atoms with Crippen LogP contribution in [0.25, 0.3) is 5.69 Å². The molecule has 0 saturated heterocycles. The SMILES string of the molecule is COc1ccc(-n2cc(Oc3ccccc3)cn2)cc1. The van der Waals surface area contributed by atoms with Crippen molar-refractivity contribution in [1.82, 2.24) is 9.78 Å². The van der Waals surface area contributed by atoms with Gasteiger partial charge in [0.05, 0.1) is 25.2 Å². The van der Waals surface area contributed by atoms with Gasteiger partial charge in [-0.1, -0.05) is 18.2 Å². The van der Waals surface area contributed by atoms with Gasteiger partial charge in [-0.15, -0.1) is 0 Å². The number of methoxy groups -OCH3 is 1. The Kier molecular flexibility index (Phi) is 3.37. The lowest BCUT2D eigenvalue weighted by molar-refractivity contribution is 0.414. The predicted octanol–water partition coefficient (Wildman–Crippen LogP) is 3.67. The molecule has 3 rings (SSSR count). The van der Waals surface area contributed by atoms with Crippen LogP contribution in [0.2, 0.25) is 0 Å². The van der Waals surface area contributed by atoms with E-state index < -0.39 is 0 Å². The summed E-state index contributed by atoms with van der Waals surface area (Å²) in [5.41, 5.74) is 0.953. The Morgan fingerprint density at radius 1 is 0.850 bits per heavy atom. The number of hydrogen-bond donors (Lipinski definition) is 0. The van der Waals surface area contributed by atoms with Gasteiger partial charge in [0.2, 0.25) is 0 Å². The summed E-state index contributed by atoms with van der Waals surface area (Å²) >= 11 is 0. The molecule has 3 aromatic rings. The fourth-order valence-electron chi connectivity index (χ4n) is 1.86. The third-order valence-electron chi connectivity index (χ3n) is 2.87. The Balaban J connectivity index is 1.79. The lowest BCUT2D eigenvalue weighted by Crippen LogP contribution is -1.93. The molecule has 100 valence electrons. The zero-order valence-corrected chi connectivity index (χ0v) is 11.1. The molecule has 20 heavy (non-hydrogen) atoms. The Labute approximate surface area is 117 Å². The number of aromatic nitrogens is 2. The number of benzene rings is 2. The van der Waals surface area contributed by atoms with E-state index in [1.54, 1.807) is 18.0 Å². The molecule has 0 amide bonds. The highest BCUT2D eigenvalue weighted by Gasteiger charge is 2.03. The van der Waals surface area contributed by atoms with Crippen molar-refractivity contribution in [2.24, 2.45) is 0 Å². The van der Waals surface area contributed by atoms with Crippen LogP contribution in [0, 0.1) is 0 Å². The first-order valence-electron chi connectivity index (χ1n) is 6.27. The van der Waals surface area contributed by atoms with Crippen LogP contribution in [0.5, 0.6) is 17.2 Å². The summed E-state index contributed by atoms with van der Waals surface area (Å²) < 4.78 is 12.6. The van der Waals surface area contributed by atoms with Gasteiger partial charge in [0.25, 0.3) is 0 Å². The molecule has 0 atom stereocenters. The molecule has 4 heteroatoms. The fourth-order valence-corrected chi connectivity index (χ4v) is 1.86. The first-order valence-corrected chi connectivity index (χ1v) is 6.27. The van der Waals surface area contributed by atoms with Crippen LogP contribution < -0.4 is 9.47 Å². The van der Waals surface area contributed by atoms with Crippen LogP contribution in [-0.4, -0.2) is 16.9 Å². The van der Waals surface area contributed by atoms with E-state index in [4.69, 9.17) is 9.47 Å². The van der Waals surface area contributed by atoms with E-state index >= 15 is 0 Å². The van der Waals surface area contributed by atoms with E-state index in [-0.39, 0.29) is 0 Å². The highest BCUT2D eigenvalue weighted by atomic mass is 16.5. The van der Waals surface area contributed by atoms with Crippen molar-refractivity contribution in [2.45, 2.75) is 0 Å². The molecule has 4 nitrogen and oxygen atoms in total.